The minimum absolute atomic E-state index is 0.101. The summed E-state index contributed by atoms with van der Waals surface area (Å²) in [5, 5.41) is 7.73. The maximum absolute atomic E-state index is 5.57. The first-order valence-corrected chi connectivity index (χ1v) is 9.07. The molecule has 144 valence electrons. The molecule has 1 atom stereocenters. The maximum Gasteiger partial charge on any atom is 0.226 e. The molecule has 3 aromatic rings. The van der Waals surface area contributed by atoms with Gasteiger partial charge in [0.1, 0.15) is 29.6 Å². The van der Waals surface area contributed by atoms with Crippen molar-refractivity contribution in [3.63, 3.8) is 0 Å². The van der Waals surface area contributed by atoms with Crippen molar-refractivity contribution in [1.82, 2.24) is 14.8 Å². The molecule has 1 aromatic heterocycles. The third-order valence-electron chi connectivity index (χ3n) is 4.64. The van der Waals surface area contributed by atoms with Crippen LogP contribution in [-0.4, -0.2) is 35.6 Å². The number of anilines is 1. The number of fused-ring (bicyclic) bond motifs is 1. The molecule has 1 N–H and O–H groups in total. The first-order chi connectivity index (χ1) is 13.7. The number of allylic oxidation sites excluding steroid dienone is 1. The Morgan fingerprint density at radius 2 is 1.82 bits per heavy atom. The maximum atomic E-state index is 5.57. The first kappa shape index (κ1) is 17.9. The van der Waals surface area contributed by atoms with Crippen molar-refractivity contribution in [2.75, 3.05) is 26.1 Å². The summed E-state index contributed by atoms with van der Waals surface area (Å²) in [7, 11) is 3.28. The van der Waals surface area contributed by atoms with Crippen LogP contribution in [0.25, 0.3) is 5.70 Å². The van der Waals surface area contributed by atoms with Gasteiger partial charge in [-0.05, 0) is 42.8 Å². The van der Waals surface area contributed by atoms with E-state index in [-0.39, 0.29) is 6.04 Å². The van der Waals surface area contributed by atoms with E-state index in [0.717, 1.165) is 34.1 Å². The van der Waals surface area contributed by atoms with Crippen LogP contribution in [0.2, 0.25) is 0 Å². The van der Waals surface area contributed by atoms with Gasteiger partial charge in [0, 0.05) is 11.6 Å². The van der Waals surface area contributed by atoms with Crippen LogP contribution in [0, 0.1) is 0 Å². The lowest BCUT2D eigenvalue weighted by Gasteiger charge is -2.25. The number of hydrogen-bond donors (Lipinski definition) is 1. The topological polar surface area (TPSA) is 70.4 Å². The number of rotatable bonds is 6. The number of nitrogens with zero attached hydrogens (tertiary/aromatic N) is 3. The van der Waals surface area contributed by atoms with Crippen molar-refractivity contribution in [3.8, 4) is 17.2 Å². The fourth-order valence-electron chi connectivity index (χ4n) is 3.28. The number of methoxy groups -OCH3 is 2. The van der Waals surface area contributed by atoms with Crippen molar-refractivity contribution in [1.29, 1.82) is 0 Å². The van der Waals surface area contributed by atoms with E-state index in [9.17, 15) is 0 Å². The molecular weight excluding hydrogens is 356 g/mol. The predicted octanol–water partition coefficient (Wildman–Crippen LogP) is 3.75. The normalized spacial score (nSPS) is 15.2. The Bertz CT molecular complexity index is 995. The van der Waals surface area contributed by atoms with Crippen LogP contribution in [0.5, 0.6) is 17.2 Å². The zero-order valence-electron chi connectivity index (χ0n) is 16.0. The van der Waals surface area contributed by atoms with Crippen LogP contribution in [0.3, 0.4) is 0 Å². The van der Waals surface area contributed by atoms with E-state index in [1.807, 2.05) is 54.1 Å². The third kappa shape index (κ3) is 3.26. The van der Waals surface area contributed by atoms with Gasteiger partial charge in [-0.15, -0.1) is 0 Å². The molecule has 4 rings (SSSR count). The molecule has 0 unspecified atom stereocenters. The van der Waals surface area contributed by atoms with Crippen molar-refractivity contribution in [2.45, 2.75) is 13.0 Å². The number of aromatic nitrogens is 3. The SMILES string of the molecule is CCOc1ccc([C@H]2C=C(c3ccc(OC)cc3OC)Nc3ncnn32)cc1. The van der Waals surface area contributed by atoms with E-state index in [1.54, 1.807) is 20.5 Å². The lowest BCUT2D eigenvalue weighted by atomic mass is 10.0. The van der Waals surface area contributed by atoms with Crippen LogP contribution in [0.1, 0.15) is 24.1 Å². The molecule has 7 nitrogen and oxygen atoms in total. The van der Waals surface area contributed by atoms with E-state index in [1.165, 1.54) is 0 Å². The van der Waals surface area contributed by atoms with Crippen LogP contribution >= 0.6 is 0 Å². The highest BCUT2D eigenvalue weighted by atomic mass is 16.5. The molecule has 0 aliphatic carbocycles. The summed E-state index contributed by atoms with van der Waals surface area (Å²) < 4.78 is 18.3. The van der Waals surface area contributed by atoms with Gasteiger partial charge in [0.05, 0.1) is 26.5 Å². The molecule has 0 bridgehead atoms. The molecule has 28 heavy (non-hydrogen) atoms. The number of ether oxygens (including phenoxy) is 3. The Morgan fingerprint density at radius 3 is 2.54 bits per heavy atom. The minimum atomic E-state index is -0.101. The summed E-state index contributed by atoms with van der Waals surface area (Å²) in [6.07, 6.45) is 3.66. The molecule has 0 spiro atoms. The molecule has 7 heteroatoms. The van der Waals surface area contributed by atoms with E-state index >= 15 is 0 Å². The Kier molecular flexibility index (Phi) is 4.89. The highest BCUT2D eigenvalue weighted by molar-refractivity contribution is 5.80. The van der Waals surface area contributed by atoms with E-state index in [4.69, 9.17) is 14.2 Å². The second-order valence-corrected chi connectivity index (χ2v) is 6.25. The molecular formula is C21H22N4O3. The Hall–Kier alpha value is -3.48. The van der Waals surface area contributed by atoms with Crippen molar-refractivity contribution >= 4 is 11.6 Å². The Balaban J connectivity index is 1.75. The van der Waals surface area contributed by atoms with Crippen LogP contribution < -0.4 is 19.5 Å². The van der Waals surface area contributed by atoms with Crippen molar-refractivity contribution in [2.24, 2.45) is 0 Å². The van der Waals surface area contributed by atoms with Crippen LogP contribution in [0.15, 0.2) is 54.9 Å². The van der Waals surface area contributed by atoms with Gasteiger partial charge in [0.15, 0.2) is 0 Å². The molecule has 0 saturated heterocycles. The Labute approximate surface area is 163 Å². The highest BCUT2D eigenvalue weighted by Gasteiger charge is 2.25. The van der Waals surface area contributed by atoms with E-state index in [2.05, 4.69) is 21.5 Å². The van der Waals surface area contributed by atoms with Crippen molar-refractivity contribution in [3.05, 3.63) is 66.0 Å². The molecule has 0 amide bonds. The molecule has 0 saturated carbocycles. The molecule has 1 aliphatic heterocycles. The van der Waals surface area contributed by atoms with Gasteiger partial charge >= 0.3 is 0 Å². The molecule has 2 heterocycles. The van der Waals surface area contributed by atoms with Crippen LogP contribution in [0.4, 0.5) is 5.95 Å². The van der Waals surface area contributed by atoms with Gasteiger partial charge < -0.3 is 19.5 Å². The largest absolute Gasteiger partial charge is 0.497 e. The zero-order valence-corrected chi connectivity index (χ0v) is 16.0. The van der Waals surface area contributed by atoms with Gasteiger partial charge in [-0.25, -0.2) is 4.68 Å². The minimum Gasteiger partial charge on any atom is -0.497 e. The second kappa shape index (κ2) is 7.64. The molecule has 0 fully saturated rings. The summed E-state index contributed by atoms with van der Waals surface area (Å²) in [6, 6.07) is 13.7. The third-order valence-corrected chi connectivity index (χ3v) is 4.64. The summed E-state index contributed by atoms with van der Waals surface area (Å²) in [4.78, 5) is 4.35. The van der Waals surface area contributed by atoms with Gasteiger partial charge in [-0.2, -0.15) is 10.1 Å². The molecule has 0 radical (unpaired) electrons. The predicted molar refractivity (Wildman–Crippen MR) is 107 cm³/mol. The zero-order chi connectivity index (χ0) is 19.5. The van der Waals surface area contributed by atoms with Gasteiger partial charge in [-0.3, -0.25) is 0 Å². The van der Waals surface area contributed by atoms with Gasteiger partial charge in [0.2, 0.25) is 5.95 Å². The average Bonchev–Trinajstić information content (AvgIpc) is 3.22. The first-order valence-electron chi connectivity index (χ1n) is 9.07. The smallest absolute Gasteiger partial charge is 0.226 e. The quantitative estimate of drug-likeness (QED) is 0.704. The van der Waals surface area contributed by atoms with Crippen molar-refractivity contribution < 1.29 is 14.2 Å². The Morgan fingerprint density at radius 1 is 1.04 bits per heavy atom. The van der Waals surface area contributed by atoms with Gasteiger partial charge in [-0.1, -0.05) is 12.1 Å². The van der Waals surface area contributed by atoms with Crippen LogP contribution in [-0.2, 0) is 0 Å². The van der Waals surface area contributed by atoms with Gasteiger partial charge in [0.25, 0.3) is 0 Å². The monoisotopic (exact) mass is 378 g/mol. The lowest BCUT2D eigenvalue weighted by Crippen LogP contribution is -2.20. The highest BCUT2D eigenvalue weighted by Crippen LogP contribution is 2.36. The fraction of sp³-hybridized carbons (Fsp3) is 0.238. The standard InChI is InChI=1S/C21H22N4O3/c1-4-28-15-7-5-14(6-8-15)19-12-18(24-21-22-13-23-25(19)21)17-10-9-16(26-2)11-20(17)27-3/h5-13,19H,4H2,1-3H3,(H,22,23,24)/t19-/m1/s1. The number of nitrogens with one attached hydrogen (secondary N) is 1. The van der Waals surface area contributed by atoms with E-state index in [0.29, 0.717) is 12.6 Å². The van der Waals surface area contributed by atoms with E-state index < -0.39 is 0 Å². The summed E-state index contributed by atoms with van der Waals surface area (Å²) in [5.74, 6) is 2.98. The second-order valence-electron chi connectivity index (χ2n) is 6.25. The fourth-order valence-corrected chi connectivity index (χ4v) is 3.28. The summed E-state index contributed by atoms with van der Waals surface area (Å²) >= 11 is 0. The molecule has 1 aliphatic rings. The lowest BCUT2D eigenvalue weighted by molar-refractivity contribution is 0.340. The summed E-state index contributed by atoms with van der Waals surface area (Å²) in [6.45, 7) is 2.61. The number of hydrogen-bond acceptors (Lipinski definition) is 6. The number of benzene rings is 2. The average molecular weight is 378 g/mol. The summed E-state index contributed by atoms with van der Waals surface area (Å²) in [5.41, 5.74) is 2.91. The molecule has 2 aromatic carbocycles.